The van der Waals surface area contributed by atoms with Crippen LogP contribution in [0.4, 0.5) is 0 Å². The van der Waals surface area contributed by atoms with Crippen molar-refractivity contribution in [1.82, 2.24) is 5.32 Å². The number of amidine groups is 1. The molecule has 1 rings (SSSR count). The third-order valence-corrected chi connectivity index (χ3v) is 3.23. The second-order valence-corrected chi connectivity index (χ2v) is 4.76. The Hall–Kier alpha value is -1.05. The van der Waals surface area contributed by atoms with Gasteiger partial charge in [0.15, 0.2) is 6.19 Å². The van der Waals surface area contributed by atoms with Crippen molar-refractivity contribution < 1.29 is 0 Å². The zero-order chi connectivity index (χ0) is 11.3. The zero-order valence-corrected chi connectivity index (χ0v) is 10.2. The molecule has 0 bridgehead atoms. The second kappa shape index (κ2) is 5.74. The summed E-state index contributed by atoms with van der Waals surface area (Å²) in [7, 11) is 0. The van der Waals surface area contributed by atoms with Gasteiger partial charge in [-0.15, -0.1) is 11.3 Å². The fourth-order valence-electron chi connectivity index (χ4n) is 1.21. The summed E-state index contributed by atoms with van der Waals surface area (Å²) < 4.78 is 0.768. The molecule has 1 unspecified atom stereocenters. The highest BCUT2D eigenvalue weighted by atomic mass is 35.5. The molecule has 1 aromatic heterocycles. The van der Waals surface area contributed by atoms with Crippen molar-refractivity contribution in [2.24, 2.45) is 4.99 Å². The minimum absolute atomic E-state index is 0.0864. The number of nitrogens with zero attached hydrogens (tertiary/aromatic N) is 2. The SMILES string of the molecule is CCC(N=C(C)NC#N)c1ccc(Cl)s1. The van der Waals surface area contributed by atoms with E-state index in [1.54, 1.807) is 6.92 Å². The number of hydrogen-bond acceptors (Lipinski definition) is 3. The Balaban J connectivity index is 2.81. The van der Waals surface area contributed by atoms with E-state index in [0.717, 1.165) is 15.6 Å². The van der Waals surface area contributed by atoms with E-state index in [-0.39, 0.29) is 6.04 Å². The van der Waals surface area contributed by atoms with Crippen molar-refractivity contribution in [3.8, 4) is 6.19 Å². The summed E-state index contributed by atoms with van der Waals surface area (Å²) in [5, 5.41) is 11.0. The van der Waals surface area contributed by atoms with Crippen LogP contribution >= 0.6 is 22.9 Å². The fraction of sp³-hybridized carbons (Fsp3) is 0.400. The van der Waals surface area contributed by atoms with Crippen molar-refractivity contribution in [2.45, 2.75) is 26.3 Å². The maximum absolute atomic E-state index is 8.44. The number of thiophene rings is 1. The molecule has 0 saturated heterocycles. The van der Waals surface area contributed by atoms with Gasteiger partial charge in [-0.25, -0.2) is 0 Å². The Morgan fingerprint density at radius 1 is 1.73 bits per heavy atom. The predicted octanol–water partition coefficient (Wildman–Crippen LogP) is 3.34. The van der Waals surface area contributed by atoms with Gasteiger partial charge in [0, 0.05) is 4.88 Å². The molecular weight excluding hydrogens is 230 g/mol. The summed E-state index contributed by atoms with van der Waals surface area (Å²) in [6.07, 6.45) is 2.74. The molecule has 0 radical (unpaired) electrons. The molecule has 5 heteroatoms. The molecule has 0 aliphatic rings. The van der Waals surface area contributed by atoms with Gasteiger partial charge < -0.3 is 0 Å². The lowest BCUT2D eigenvalue weighted by molar-refractivity contribution is 0.710. The van der Waals surface area contributed by atoms with Crippen LogP contribution in [-0.4, -0.2) is 5.84 Å². The Kier molecular flexibility index (Phi) is 4.60. The highest BCUT2D eigenvalue weighted by Crippen LogP contribution is 2.30. The molecule has 0 fully saturated rings. The highest BCUT2D eigenvalue weighted by Gasteiger charge is 2.10. The van der Waals surface area contributed by atoms with Crippen LogP contribution in [0, 0.1) is 11.5 Å². The van der Waals surface area contributed by atoms with E-state index < -0.39 is 0 Å². The third-order valence-electron chi connectivity index (χ3n) is 1.90. The second-order valence-electron chi connectivity index (χ2n) is 3.02. The minimum Gasteiger partial charge on any atom is -0.281 e. The van der Waals surface area contributed by atoms with Crippen LogP contribution in [0.2, 0.25) is 4.34 Å². The standard InChI is InChI=1S/C10H12ClN3S/c1-3-8(14-7(2)13-6-12)9-4-5-10(11)15-9/h4-5,8H,3H2,1-2H3,(H,13,14). The molecule has 0 spiro atoms. The van der Waals surface area contributed by atoms with Gasteiger partial charge in [0.25, 0.3) is 0 Å². The summed E-state index contributed by atoms with van der Waals surface area (Å²) in [6, 6.07) is 3.93. The average molecular weight is 242 g/mol. The molecular formula is C10H12ClN3S. The van der Waals surface area contributed by atoms with Gasteiger partial charge in [-0.2, -0.15) is 5.26 Å². The van der Waals surface area contributed by atoms with E-state index in [1.165, 1.54) is 11.3 Å². The van der Waals surface area contributed by atoms with Crippen LogP contribution in [0.5, 0.6) is 0 Å². The first-order valence-electron chi connectivity index (χ1n) is 4.62. The summed E-state index contributed by atoms with van der Waals surface area (Å²) in [6.45, 7) is 3.84. The molecule has 0 amide bonds. The Bertz CT molecular complexity index is 392. The van der Waals surface area contributed by atoms with Gasteiger partial charge in [-0.1, -0.05) is 18.5 Å². The van der Waals surface area contributed by atoms with E-state index >= 15 is 0 Å². The highest BCUT2D eigenvalue weighted by molar-refractivity contribution is 7.16. The van der Waals surface area contributed by atoms with Crippen molar-refractivity contribution >= 4 is 28.8 Å². The lowest BCUT2D eigenvalue weighted by Crippen LogP contribution is -2.14. The number of halogens is 1. The number of nitrogens with one attached hydrogen (secondary N) is 1. The van der Waals surface area contributed by atoms with Crippen LogP contribution in [0.25, 0.3) is 0 Å². The molecule has 3 nitrogen and oxygen atoms in total. The normalized spacial score (nSPS) is 13.3. The average Bonchev–Trinajstić information content (AvgIpc) is 2.61. The van der Waals surface area contributed by atoms with Crippen molar-refractivity contribution in [1.29, 1.82) is 5.26 Å². The van der Waals surface area contributed by atoms with Crippen LogP contribution < -0.4 is 5.32 Å². The number of hydrogen-bond donors (Lipinski definition) is 1. The molecule has 1 heterocycles. The topological polar surface area (TPSA) is 48.2 Å². The van der Waals surface area contributed by atoms with E-state index in [4.69, 9.17) is 16.9 Å². The molecule has 80 valence electrons. The van der Waals surface area contributed by atoms with Crippen molar-refractivity contribution in [3.05, 3.63) is 21.3 Å². The first-order chi connectivity index (χ1) is 7.17. The smallest absolute Gasteiger partial charge is 0.182 e. The van der Waals surface area contributed by atoms with Crippen molar-refractivity contribution in [3.63, 3.8) is 0 Å². The Morgan fingerprint density at radius 2 is 2.47 bits per heavy atom. The van der Waals surface area contributed by atoms with Crippen LogP contribution in [0.3, 0.4) is 0 Å². The van der Waals surface area contributed by atoms with Crippen molar-refractivity contribution in [2.75, 3.05) is 0 Å². The van der Waals surface area contributed by atoms with Gasteiger partial charge in [0.2, 0.25) is 0 Å². The maximum atomic E-state index is 8.44. The maximum Gasteiger partial charge on any atom is 0.182 e. The molecule has 0 aliphatic carbocycles. The van der Waals surface area contributed by atoms with Gasteiger partial charge in [0.1, 0.15) is 5.84 Å². The lowest BCUT2D eigenvalue weighted by Gasteiger charge is -2.08. The largest absolute Gasteiger partial charge is 0.281 e. The van der Waals surface area contributed by atoms with Crippen LogP contribution in [0.15, 0.2) is 17.1 Å². The van der Waals surface area contributed by atoms with Gasteiger partial charge in [-0.3, -0.25) is 10.3 Å². The Labute approximate surface area is 98.4 Å². The summed E-state index contributed by atoms with van der Waals surface area (Å²) in [5.74, 6) is 0.633. The number of nitriles is 1. The summed E-state index contributed by atoms with van der Waals surface area (Å²) in [4.78, 5) is 5.53. The Morgan fingerprint density at radius 3 is 2.93 bits per heavy atom. The molecule has 1 atom stereocenters. The van der Waals surface area contributed by atoms with Crippen LogP contribution in [0.1, 0.15) is 31.2 Å². The number of rotatable bonds is 3. The first-order valence-corrected chi connectivity index (χ1v) is 5.81. The molecule has 0 aromatic carbocycles. The molecule has 1 aromatic rings. The quantitative estimate of drug-likeness (QED) is 0.382. The summed E-state index contributed by atoms with van der Waals surface area (Å²) >= 11 is 7.39. The third kappa shape index (κ3) is 3.54. The predicted molar refractivity (Wildman–Crippen MR) is 64.2 cm³/mol. The van der Waals surface area contributed by atoms with Gasteiger partial charge in [0.05, 0.1) is 10.4 Å². The fourth-order valence-corrected chi connectivity index (χ4v) is 2.39. The first kappa shape index (κ1) is 12.0. The van der Waals surface area contributed by atoms with Gasteiger partial charge >= 0.3 is 0 Å². The van der Waals surface area contributed by atoms with E-state index in [2.05, 4.69) is 17.2 Å². The van der Waals surface area contributed by atoms with E-state index in [0.29, 0.717) is 5.84 Å². The minimum atomic E-state index is 0.0864. The molecule has 1 N–H and O–H groups in total. The lowest BCUT2D eigenvalue weighted by atomic mass is 10.2. The number of aliphatic imine (C=N–C) groups is 1. The molecule has 0 aliphatic heterocycles. The monoisotopic (exact) mass is 241 g/mol. The molecule has 15 heavy (non-hydrogen) atoms. The molecule has 0 saturated carbocycles. The van der Waals surface area contributed by atoms with E-state index in [9.17, 15) is 0 Å². The zero-order valence-electron chi connectivity index (χ0n) is 8.62. The van der Waals surface area contributed by atoms with Gasteiger partial charge in [-0.05, 0) is 25.5 Å². The van der Waals surface area contributed by atoms with Crippen LogP contribution in [-0.2, 0) is 0 Å². The summed E-state index contributed by atoms with van der Waals surface area (Å²) in [5.41, 5.74) is 0. The van der Waals surface area contributed by atoms with E-state index in [1.807, 2.05) is 18.3 Å².